The summed E-state index contributed by atoms with van der Waals surface area (Å²) in [5.74, 6) is -1.26. The van der Waals surface area contributed by atoms with E-state index >= 15 is 0 Å². The van der Waals surface area contributed by atoms with Gasteiger partial charge in [-0.1, -0.05) is 48.6 Å². The van der Waals surface area contributed by atoms with Crippen LogP contribution in [0.4, 0.5) is 5.69 Å². The molecular formula is C24H23N3O4S. The van der Waals surface area contributed by atoms with Gasteiger partial charge in [-0.3, -0.25) is 19.1 Å². The van der Waals surface area contributed by atoms with Gasteiger partial charge < -0.3 is 4.74 Å². The first kappa shape index (κ1) is 23.0. The zero-order valence-corrected chi connectivity index (χ0v) is 18.9. The normalized spacial score (nSPS) is 11.2. The van der Waals surface area contributed by atoms with Crippen LogP contribution in [-0.4, -0.2) is 23.1 Å². The molecule has 1 amide bonds. The maximum absolute atomic E-state index is 13.5. The number of amides is 1. The zero-order valence-electron chi connectivity index (χ0n) is 18.1. The number of aromatic nitrogens is 1. The Labute approximate surface area is 189 Å². The third-order valence-corrected chi connectivity index (χ3v) is 5.91. The number of carbonyl (C=O) groups excluding carboxylic acids is 2. The van der Waals surface area contributed by atoms with Gasteiger partial charge in [0, 0.05) is 6.20 Å². The molecule has 3 aromatic rings. The number of hydrogen-bond donors (Lipinski definition) is 0. The van der Waals surface area contributed by atoms with Crippen LogP contribution in [0, 0.1) is 18.3 Å². The lowest BCUT2D eigenvalue weighted by Crippen LogP contribution is -2.33. The quantitative estimate of drug-likeness (QED) is 0.309. The van der Waals surface area contributed by atoms with E-state index in [1.165, 1.54) is 15.7 Å². The molecule has 0 radical (unpaired) electrons. The largest absolute Gasteiger partial charge is 0.462 e. The monoisotopic (exact) mass is 449 g/mol. The van der Waals surface area contributed by atoms with Crippen LogP contribution in [0.1, 0.15) is 25.0 Å². The maximum Gasteiger partial charge on any atom is 0.350 e. The number of nitrogens with zero attached hydrogens (tertiary/aromatic N) is 3. The summed E-state index contributed by atoms with van der Waals surface area (Å²) in [4.78, 5) is 39.4. The van der Waals surface area contributed by atoms with Crippen molar-refractivity contribution in [3.8, 4) is 6.07 Å². The summed E-state index contributed by atoms with van der Waals surface area (Å²) < 4.78 is 7.15. The number of nitriles is 1. The third-order valence-electron chi connectivity index (χ3n) is 4.95. The van der Waals surface area contributed by atoms with Gasteiger partial charge in [0.25, 0.3) is 5.91 Å². The van der Waals surface area contributed by atoms with E-state index in [0.29, 0.717) is 17.6 Å². The van der Waals surface area contributed by atoms with E-state index in [4.69, 9.17) is 4.74 Å². The summed E-state index contributed by atoms with van der Waals surface area (Å²) in [5.41, 5.74) is 2.62. The van der Waals surface area contributed by atoms with E-state index in [1.807, 2.05) is 50.2 Å². The highest BCUT2D eigenvalue weighted by Crippen LogP contribution is 2.28. The van der Waals surface area contributed by atoms with E-state index in [9.17, 15) is 19.6 Å². The van der Waals surface area contributed by atoms with Crippen molar-refractivity contribution in [1.29, 1.82) is 5.26 Å². The van der Waals surface area contributed by atoms with Crippen LogP contribution in [0.2, 0.25) is 0 Å². The molecule has 0 bridgehead atoms. The van der Waals surface area contributed by atoms with E-state index in [-0.39, 0.29) is 23.6 Å². The molecule has 0 N–H and O–H groups in total. The molecule has 1 aromatic heterocycles. The molecular weight excluding hydrogens is 426 g/mol. The van der Waals surface area contributed by atoms with Crippen LogP contribution in [0.15, 0.2) is 59.0 Å². The second kappa shape index (κ2) is 10.1. The predicted molar refractivity (Wildman–Crippen MR) is 124 cm³/mol. The molecule has 0 spiro atoms. The van der Waals surface area contributed by atoms with Crippen molar-refractivity contribution in [2.75, 3.05) is 11.5 Å². The highest BCUT2D eigenvalue weighted by atomic mass is 32.1. The molecule has 32 heavy (non-hydrogen) atoms. The van der Waals surface area contributed by atoms with Crippen LogP contribution in [0.3, 0.4) is 0 Å². The van der Waals surface area contributed by atoms with Gasteiger partial charge in [-0.25, -0.2) is 4.79 Å². The number of anilines is 1. The first-order valence-corrected chi connectivity index (χ1v) is 11.0. The lowest BCUT2D eigenvalue weighted by atomic mass is 10.0. The molecule has 7 nitrogen and oxygen atoms in total. The number of hydrogen-bond acceptors (Lipinski definition) is 6. The van der Waals surface area contributed by atoms with E-state index < -0.39 is 11.9 Å². The topological polar surface area (TPSA) is 92.4 Å². The second-order valence-electron chi connectivity index (χ2n) is 7.00. The van der Waals surface area contributed by atoms with Crippen LogP contribution in [-0.2, 0) is 27.3 Å². The molecule has 164 valence electrons. The number of thiazole rings is 1. The summed E-state index contributed by atoms with van der Waals surface area (Å²) in [6, 6.07) is 14.7. The van der Waals surface area contributed by atoms with Gasteiger partial charge in [0.05, 0.1) is 22.5 Å². The van der Waals surface area contributed by atoms with Gasteiger partial charge in [0.15, 0.2) is 5.57 Å². The van der Waals surface area contributed by atoms with Gasteiger partial charge in [-0.2, -0.15) is 5.26 Å². The number of fused-ring (bicyclic) bond motifs is 1. The average Bonchev–Trinajstić information content (AvgIpc) is 3.10. The Morgan fingerprint density at radius 1 is 1.19 bits per heavy atom. The number of ether oxygens (including phenoxy) is 1. The average molecular weight is 450 g/mol. The fourth-order valence-electron chi connectivity index (χ4n) is 3.45. The molecule has 0 atom stereocenters. The highest BCUT2D eigenvalue weighted by Gasteiger charge is 2.23. The van der Waals surface area contributed by atoms with Crippen molar-refractivity contribution in [2.24, 2.45) is 0 Å². The second-order valence-corrected chi connectivity index (χ2v) is 7.99. The molecule has 3 rings (SSSR count). The lowest BCUT2D eigenvalue weighted by molar-refractivity contribution is -0.138. The van der Waals surface area contributed by atoms with Crippen LogP contribution >= 0.6 is 11.3 Å². The minimum atomic E-state index is -0.808. The minimum Gasteiger partial charge on any atom is -0.462 e. The van der Waals surface area contributed by atoms with Crippen molar-refractivity contribution in [3.63, 3.8) is 0 Å². The predicted octanol–water partition coefficient (Wildman–Crippen LogP) is 3.94. The van der Waals surface area contributed by atoms with Gasteiger partial charge in [0.1, 0.15) is 12.6 Å². The van der Waals surface area contributed by atoms with Crippen LogP contribution in [0.5, 0.6) is 0 Å². The number of aryl methyl sites for hydroxylation is 2. The van der Waals surface area contributed by atoms with Gasteiger partial charge >= 0.3 is 10.8 Å². The van der Waals surface area contributed by atoms with Crippen molar-refractivity contribution in [3.05, 3.63) is 75.0 Å². The molecule has 8 heteroatoms. The number of benzene rings is 2. The summed E-state index contributed by atoms with van der Waals surface area (Å²) in [7, 11) is 0. The van der Waals surface area contributed by atoms with E-state index in [2.05, 4.69) is 0 Å². The van der Waals surface area contributed by atoms with Crippen molar-refractivity contribution in [1.82, 2.24) is 4.57 Å². The first-order chi connectivity index (χ1) is 15.4. The van der Waals surface area contributed by atoms with Gasteiger partial charge in [-0.15, -0.1) is 0 Å². The summed E-state index contributed by atoms with van der Waals surface area (Å²) in [5, 5.41) is 9.53. The Morgan fingerprint density at radius 2 is 1.94 bits per heavy atom. The number of carbonyl (C=O) groups is 2. The van der Waals surface area contributed by atoms with E-state index in [0.717, 1.165) is 27.2 Å². The Morgan fingerprint density at radius 3 is 2.62 bits per heavy atom. The SMILES string of the molecule is CCOC(=O)C(C#N)=CN(C(=O)Cn1c(=O)sc2ccccc21)c1c(C)cccc1CC. The summed E-state index contributed by atoms with van der Waals surface area (Å²) >= 11 is 1.06. The van der Waals surface area contributed by atoms with Crippen molar-refractivity contribution >= 4 is 39.1 Å². The Kier molecular flexibility index (Phi) is 7.23. The molecule has 1 heterocycles. The molecule has 0 fully saturated rings. The molecule has 0 saturated heterocycles. The van der Waals surface area contributed by atoms with Crippen LogP contribution in [0.25, 0.3) is 10.2 Å². The molecule has 0 unspecified atom stereocenters. The number of para-hydroxylation sites is 2. The Hall–Kier alpha value is -3.70. The van der Waals surface area contributed by atoms with Crippen LogP contribution < -0.4 is 9.77 Å². The standard InChI is InChI=1S/C24H23N3O4S/c1-4-17-10-8-9-16(3)22(17)27(14-18(13-25)23(29)31-5-2)21(28)15-26-19-11-6-7-12-20(19)32-24(26)30/h6-12,14H,4-5,15H2,1-3H3. The molecule has 0 aliphatic heterocycles. The lowest BCUT2D eigenvalue weighted by Gasteiger charge is -2.24. The Bertz CT molecular complexity index is 1300. The maximum atomic E-state index is 13.5. The van der Waals surface area contributed by atoms with E-state index in [1.54, 1.807) is 19.1 Å². The minimum absolute atomic E-state index is 0.104. The summed E-state index contributed by atoms with van der Waals surface area (Å²) in [6.07, 6.45) is 1.85. The Balaban J connectivity index is 2.13. The fourth-order valence-corrected chi connectivity index (χ4v) is 4.34. The fraction of sp³-hybridized carbons (Fsp3) is 0.250. The van der Waals surface area contributed by atoms with Crippen molar-refractivity contribution in [2.45, 2.75) is 33.7 Å². The molecule has 0 aliphatic carbocycles. The molecule has 0 aliphatic rings. The number of esters is 1. The molecule has 0 saturated carbocycles. The van der Waals surface area contributed by atoms with Crippen molar-refractivity contribution < 1.29 is 14.3 Å². The molecule has 2 aromatic carbocycles. The number of rotatable bonds is 7. The zero-order chi connectivity index (χ0) is 23.3. The highest BCUT2D eigenvalue weighted by molar-refractivity contribution is 7.16. The first-order valence-electron chi connectivity index (χ1n) is 10.2. The smallest absolute Gasteiger partial charge is 0.350 e. The summed E-state index contributed by atoms with van der Waals surface area (Å²) in [6.45, 7) is 5.31. The van der Waals surface area contributed by atoms with Gasteiger partial charge in [-0.05, 0) is 43.5 Å². The van der Waals surface area contributed by atoms with Gasteiger partial charge in [0.2, 0.25) is 0 Å². The third kappa shape index (κ3) is 4.63.